The van der Waals surface area contributed by atoms with Crippen LogP contribution in [0.5, 0.6) is 0 Å². The molecule has 9 heteroatoms. The van der Waals surface area contributed by atoms with Gasteiger partial charge in [-0.15, -0.1) is 0 Å². The van der Waals surface area contributed by atoms with Crippen molar-refractivity contribution >= 4 is 45.8 Å². The van der Waals surface area contributed by atoms with Crippen LogP contribution in [0.3, 0.4) is 0 Å². The van der Waals surface area contributed by atoms with Crippen LogP contribution in [-0.2, 0) is 17.8 Å². The first kappa shape index (κ1) is 18.4. The smallest absolute Gasteiger partial charge is 0.248 e. The number of amides is 1. The van der Waals surface area contributed by atoms with Crippen molar-refractivity contribution in [3.8, 4) is 5.69 Å². The summed E-state index contributed by atoms with van der Waals surface area (Å²) in [6.07, 6.45) is 3.34. The maximum Gasteiger partial charge on any atom is 0.248 e. The predicted octanol–water partition coefficient (Wildman–Crippen LogP) is 3.75. The zero-order chi connectivity index (χ0) is 19.1. The van der Waals surface area contributed by atoms with Crippen molar-refractivity contribution < 1.29 is 9.18 Å². The average Bonchev–Trinajstić information content (AvgIpc) is 3.19. The number of rotatable bonds is 3. The summed E-state index contributed by atoms with van der Waals surface area (Å²) in [5.74, 6) is -0.354. The summed E-state index contributed by atoms with van der Waals surface area (Å²) in [7, 11) is 0. The molecule has 0 saturated carbocycles. The van der Waals surface area contributed by atoms with Crippen LogP contribution >= 0.6 is 34.2 Å². The Morgan fingerprint density at radius 3 is 2.74 bits per heavy atom. The fourth-order valence-corrected chi connectivity index (χ4v) is 4.05. The highest BCUT2D eigenvalue weighted by atomic mass is 127. The van der Waals surface area contributed by atoms with Crippen molar-refractivity contribution in [1.82, 2.24) is 19.6 Å². The molecule has 2 aromatic heterocycles. The Bertz CT molecular complexity index is 1010. The summed E-state index contributed by atoms with van der Waals surface area (Å²) in [5.41, 5.74) is 3.29. The average molecular weight is 500 g/mol. The Labute approximate surface area is 174 Å². The van der Waals surface area contributed by atoms with E-state index in [0.29, 0.717) is 15.3 Å². The third kappa shape index (κ3) is 3.36. The third-order valence-electron chi connectivity index (χ3n) is 4.68. The molecule has 0 N–H and O–H groups in total. The van der Waals surface area contributed by atoms with Gasteiger partial charge in [0.1, 0.15) is 16.1 Å². The normalized spacial score (nSPS) is 13.7. The molecule has 3 aromatic rings. The van der Waals surface area contributed by atoms with E-state index >= 15 is 0 Å². The molecule has 0 fully saturated rings. The molecule has 6 nitrogen and oxygen atoms in total. The largest absolute Gasteiger partial charge is 0.308 e. The summed E-state index contributed by atoms with van der Waals surface area (Å²) in [4.78, 5) is 14.7. The minimum atomic E-state index is -0.292. The molecule has 140 valence electrons. The van der Waals surface area contributed by atoms with Crippen molar-refractivity contribution in [3.05, 3.63) is 56.4 Å². The van der Waals surface area contributed by atoms with Gasteiger partial charge in [-0.2, -0.15) is 10.2 Å². The van der Waals surface area contributed by atoms with Crippen LogP contribution in [0.4, 0.5) is 10.1 Å². The number of benzene rings is 1. The van der Waals surface area contributed by atoms with Crippen LogP contribution in [0.15, 0.2) is 30.5 Å². The molecule has 27 heavy (non-hydrogen) atoms. The maximum atomic E-state index is 13.2. The lowest BCUT2D eigenvalue weighted by Crippen LogP contribution is -2.38. The number of halogens is 3. The van der Waals surface area contributed by atoms with Crippen LogP contribution in [0.2, 0.25) is 5.02 Å². The number of carbonyl (C=O) groups is 1. The standard InChI is InChI=1S/C18H16ClFIN5O/c1-11-17(19)18(21)23-25(11)10-16(27)24-8-2-3-14-15(24)9-22-26(14)13-6-4-12(20)5-7-13/h4-7,9H,2-3,8,10H2,1H3. The molecular weight excluding hydrogens is 484 g/mol. The van der Waals surface area contributed by atoms with Gasteiger partial charge in [0.2, 0.25) is 5.91 Å². The Kier molecular flexibility index (Phi) is 4.94. The van der Waals surface area contributed by atoms with Crippen LogP contribution < -0.4 is 4.90 Å². The van der Waals surface area contributed by atoms with Crippen molar-refractivity contribution in [2.24, 2.45) is 0 Å². The summed E-state index contributed by atoms with van der Waals surface area (Å²) >= 11 is 8.23. The molecule has 0 spiro atoms. The van der Waals surface area contributed by atoms with Crippen molar-refractivity contribution in [2.75, 3.05) is 11.4 Å². The second-order valence-electron chi connectivity index (χ2n) is 6.36. The van der Waals surface area contributed by atoms with E-state index in [0.717, 1.165) is 35.6 Å². The lowest BCUT2D eigenvalue weighted by atomic mass is 10.1. The summed E-state index contributed by atoms with van der Waals surface area (Å²) in [5, 5.41) is 9.33. The Balaban J connectivity index is 1.62. The van der Waals surface area contributed by atoms with Crippen LogP contribution in [0, 0.1) is 16.4 Å². The van der Waals surface area contributed by atoms with Crippen molar-refractivity contribution in [1.29, 1.82) is 0 Å². The van der Waals surface area contributed by atoms with Crippen molar-refractivity contribution in [3.63, 3.8) is 0 Å². The first-order valence-electron chi connectivity index (χ1n) is 8.47. The molecule has 0 aliphatic carbocycles. The van der Waals surface area contributed by atoms with Crippen LogP contribution in [0.1, 0.15) is 17.8 Å². The van der Waals surface area contributed by atoms with Gasteiger partial charge in [0.05, 0.1) is 34.0 Å². The molecule has 0 saturated heterocycles. The van der Waals surface area contributed by atoms with Gasteiger partial charge >= 0.3 is 0 Å². The first-order chi connectivity index (χ1) is 13.0. The van der Waals surface area contributed by atoms with E-state index in [-0.39, 0.29) is 18.3 Å². The Morgan fingerprint density at radius 2 is 2.07 bits per heavy atom. The summed E-state index contributed by atoms with van der Waals surface area (Å²) in [6, 6.07) is 6.17. The van der Waals surface area contributed by atoms with Gasteiger partial charge in [-0.25, -0.2) is 9.07 Å². The molecule has 1 amide bonds. The molecule has 1 aromatic carbocycles. The van der Waals surface area contributed by atoms with Crippen LogP contribution in [0.25, 0.3) is 5.69 Å². The van der Waals surface area contributed by atoms with Gasteiger partial charge in [-0.05, 0) is 66.6 Å². The van der Waals surface area contributed by atoms with Gasteiger partial charge in [0, 0.05) is 6.54 Å². The zero-order valence-corrected chi connectivity index (χ0v) is 17.4. The molecule has 0 unspecified atom stereocenters. The highest BCUT2D eigenvalue weighted by Crippen LogP contribution is 2.29. The van der Waals surface area contributed by atoms with Gasteiger partial charge in [-0.1, -0.05) is 11.6 Å². The quantitative estimate of drug-likeness (QED) is 0.516. The van der Waals surface area contributed by atoms with E-state index in [2.05, 4.69) is 32.8 Å². The molecule has 3 heterocycles. The number of nitrogens with zero attached hydrogens (tertiary/aromatic N) is 5. The predicted molar refractivity (Wildman–Crippen MR) is 109 cm³/mol. The molecule has 0 atom stereocenters. The van der Waals surface area contributed by atoms with E-state index in [1.807, 2.05) is 6.92 Å². The molecule has 1 aliphatic rings. The van der Waals surface area contributed by atoms with Crippen LogP contribution in [-0.4, -0.2) is 32.0 Å². The minimum absolute atomic E-state index is 0.0618. The highest BCUT2D eigenvalue weighted by Gasteiger charge is 2.27. The molecule has 0 radical (unpaired) electrons. The molecule has 0 bridgehead atoms. The monoisotopic (exact) mass is 499 g/mol. The summed E-state index contributed by atoms with van der Waals surface area (Å²) < 4.78 is 17.3. The van der Waals surface area contributed by atoms with Crippen molar-refractivity contribution in [2.45, 2.75) is 26.3 Å². The van der Waals surface area contributed by atoms with E-state index in [1.165, 1.54) is 12.1 Å². The third-order valence-corrected chi connectivity index (χ3v) is 6.21. The van der Waals surface area contributed by atoms with Gasteiger partial charge in [0.15, 0.2) is 0 Å². The SMILES string of the molecule is Cc1c(Cl)c(I)nn1CC(=O)N1CCCc2c1cnn2-c1ccc(F)cc1. The number of anilines is 1. The molecular formula is C18H16ClFIN5O. The topological polar surface area (TPSA) is 56.0 Å². The van der Waals surface area contributed by atoms with Gasteiger partial charge < -0.3 is 4.90 Å². The Morgan fingerprint density at radius 1 is 1.33 bits per heavy atom. The second-order valence-corrected chi connectivity index (χ2v) is 7.76. The fraction of sp³-hybridized carbons (Fsp3) is 0.278. The summed E-state index contributed by atoms with van der Waals surface area (Å²) in [6.45, 7) is 2.60. The van der Waals surface area contributed by atoms with Gasteiger partial charge in [0.25, 0.3) is 0 Å². The number of hydrogen-bond acceptors (Lipinski definition) is 3. The lowest BCUT2D eigenvalue weighted by Gasteiger charge is -2.27. The number of carbonyl (C=O) groups excluding carboxylic acids is 1. The second kappa shape index (κ2) is 7.23. The maximum absolute atomic E-state index is 13.2. The minimum Gasteiger partial charge on any atom is -0.308 e. The van der Waals surface area contributed by atoms with E-state index in [9.17, 15) is 9.18 Å². The van der Waals surface area contributed by atoms with Gasteiger partial charge in [-0.3, -0.25) is 9.48 Å². The number of aromatic nitrogens is 4. The molecule has 4 rings (SSSR count). The fourth-order valence-electron chi connectivity index (χ4n) is 3.27. The van der Waals surface area contributed by atoms with E-state index in [1.54, 1.807) is 32.6 Å². The lowest BCUT2D eigenvalue weighted by molar-refractivity contribution is -0.119. The Hall–Kier alpha value is -1.94. The number of hydrogen-bond donors (Lipinski definition) is 0. The zero-order valence-electron chi connectivity index (χ0n) is 14.5. The molecule has 1 aliphatic heterocycles. The highest BCUT2D eigenvalue weighted by molar-refractivity contribution is 14.1. The van der Waals surface area contributed by atoms with E-state index < -0.39 is 0 Å². The van der Waals surface area contributed by atoms with E-state index in [4.69, 9.17) is 11.6 Å². The first-order valence-corrected chi connectivity index (χ1v) is 9.93. The number of fused-ring (bicyclic) bond motifs is 1.